The Morgan fingerprint density at radius 3 is 1.95 bits per heavy atom. The molecule has 0 atom stereocenters. The van der Waals surface area contributed by atoms with Crippen molar-refractivity contribution in [3.8, 4) is 22.3 Å². The molecule has 0 aliphatic carbocycles. The summed E-state index contributed by atoms with van der Waals surface area (Å²) in [5.41, 5.74) is 0.675. The summed E-state index contributed by atoms with van der Waals surface area (Å²) < 4.78 is 145. The lowest BCUT2D eigenvalue weighted by molar-refractivity contribution is 0.614. The molecule has 0 unspecified atom stereocenters. The second-order valence-electron chi connectivity index (χ2n) is 9.34. The summed E-state index contributed by atoms with van der Waals surface area (Å²) in [6, 6.07) is 0.516. The summed E-state index contributed by atoms with van der Waals surface area (Å²) in [7, 11) is 0. The van der Waals surface area contributed by atoms with Crippen LogP contribution in [0, 0.1) is 0 Å². The minimum Gasteiger partial charge on any atom is -0.464 e. The van der Waals surface area contributed by atoms with Crippen molar-refractivity contribution in [2.75, 3.05) is 0 Å². The molecule has 9 aromatic rings. The molecule has 7 aromatic carbocycles. The van der Waals surface area contributed by atoms with E-state index in [-0.39, 0.29) is 38.2 Å². The molecule has 186 valence electrons. The highest BCUT2D eigenvalue weighted by molar-refractivity contribution is 6.24. The summed E-state index contributed by atoms with van der Waals surface area (Å²) in [5.74, 6) is 0. The highest BCUT2D eigenvalue weighted by Gasteiger charge is 2.20. The van der Waals surface area contributed by atoms with Gasteiger partial charge in [-0.15, -0.1) is 0 Å². The van der Waals surface area contributed by atoms with E-state index in [1.54, 1.807) is 18.2 Å². The van der Waals surface area contributed by atoms with Gasteiger partial charge in [0.1, 0.15) is 16.7 Å². The Hall–Kier alpha value is -5.34. The van der Waals surface area contributed by atoms with Crippen molar-refractivity contribution < 1.29 is 29.4 Å². The Morgan fingerprint density at radius 2 is 1.18 bits per heavy atom. The van der Waals surface area contributed by atoms with E-state index in [9.17, 15) is 8.22 Å². The predicted molar refractivity (Wildman–Crippen MR) is 167 cm³/mol. The lowest BCUT2D eigenvalue weighted by Gasteiger charge is -2.17. The van der Waals surface area contributed by atoms with Crippen LogP contribution in [0.25, 0.3) is 87.5 Å². The summed E-state index contributed by atoms with van der Waals surface area (Å²) in [5, 5.41) is -0.0843. The predicted octanol–water partition coefficient (Wildman–Crippen LogP) is 11.1. The average molecular weight is 526 g/mol. The van der Waals surface area contributed by atoms with Crippen LogP contribution in [0.3, 0.4) is 0 Å². The van der Waals surface area contributed by atoms with Crippen LogP contribution < -0.4 is 0 Å². The second-order valence-corrected chi connectivity index (χ2v) is 9.34. The average Bonchev–Trinajstić information content (AvgIpc) is 3.75. The van der Waals surface area contributed by atoms with Crippen molar-refractivity contribution in [2.24, 2.45) is 0 Å². The van der Waals surface area contributed by atoms with Gasteiger partial charge >= 0.3 is 0 Å². The molecule has 0 aliphatic rings. The van der Waals surface area contributed by atoms with Crippen molar-refractivity contribution in [3.63, 3.8) is 0 Å². The highest BCUT2D eigenvalue weighted by atomic mass is 16.3. The van der Waals surface area contributed by atoms with Crippen molar-refractivity contribution in [1.29, 1.82) is 0 Å². The quantitative estimate of drug-likeness (QED) is 0.210. The largest absolute Gasteiger partial charge is 0.464 e. The minimum atomic E-state index is -0.749. The zero-order valence-electron chi connectivity index (χ0n) is 35.4. The van der Waals surface area contributed by atoms with E-state index < -0.39 is 107 Å². The third-order valence-corrected chi connectivity index (χ3v) is 7.22. The first-order chi connectivity index (χ1) is 26.1. The van der Waals surface area contributed by atoms with Gasteiger partial charge in [0.15, 0.2) is 0 Å². The van der Waals surface area contributed by atoms with Crippen LogP contribution in [0.1, 0.15) is 20.6 Å². The third-order valence-electron chi connectivity index (χ3n) is 7.22. The van der Waals surface area contributed by atoms with Gasteiger partial charge in [0.2, 0.25) is 0 Å². The van der Waals surface area contributed by atoms with E-state index in [0.717, 1.165) is 5.39 Å². The minimum absolute atomic E-state index is 0.0366. The van der Waals surface area contributed by atoms with Crippen LogP contribution >= 0.6 is 0 Å². The van der Waals surface area contributed by atoms with E-state index in [4.69, 9.17) is 21.2 Å². The molecular formula is C38H22O2. The van der Waals surface area contributed by atoms with E-state index in [2.05, 4.69) is 0 Å². The fourth-order valence-electron chi connectivity index (χ4n) is 5.49. The van der Waals surface area contributed by atoms with Gasteiger partial charge in [-0.25, -0.2) is 0 Å². The molecule has 2 heterocycles. The molecular weight excluding hydrogens is 488 g/mol. The normalized spacial score (nSPS) is 17.2. The first-order valence-electron chi connectivity index (χ1n) is 19.9. The monoisotopic (exact) mass is 525 g/mol. The summed E-state index contributed by atoms with van der Waals surface area (Å²) in [6.07, 6.45) is 1.32. The summed E-state index contributed by atoms with van der Waals surface area (Å²) in [4.78, 5) is 0. The van der Waals surface area contributed by atoms with Crippen molar-refractivity contribution >= 4 is 65.2 Å². The zero-order valence-corrected chi connectivity index (χ0v) is 20.4. The van der Waals surface area contributed by atoms with Gasteiger partial charge in [0.05, 0.1) is 26.8 Å². The van der Waals surface area contributed by atoms with Crippen LogP contribution in [0.15, 0.2) is 142 Å². The van der Waals surface area contributed by atoms with E-state index in [0.29, 0.717) is 27.5 Å². The second kappa shape index (κ2) is 8.08. The highest BCUT2D eigenvalue weighted by Crippen LogP contribution is 2.47. The Labute approximate surface area is 250 Å². The molecule has 0 amide bonds. The maximum Gasteiger partial charge on any atom is 0.139 e. The number of rotatable bonds is 2. The molecule has 0 saturated carbocycles. The fraction of sp³-hybridized carbons (Fsp3) is 0. The van der Waals surface area contributed by atoms with Gasteiger partial charge in [-0.3, -0.25) is 0 Å². The fourth-order valence-corrected chi connectivity index (χ4v) is 5.49. The molecule has 2 heteroatoms. The number of furan rings is 2. The summed E-state index contributed by atoms with van der Waals surface area (Å²) in [6.45, 7) is 0. The lowest BCUT2D eigenvalue weighted by atomic mass is 9.85. The SMILES string of the molecule is [2H]c1c([2H])c([2H])c2c([2H])c(-c3c4c([2H])c([2H])c([2H])c([2H])c4c(-c4coc5cc6oc7ccccc7c6cc45)c4c([2H])c([2H])c([2H])c([2H])c34)c([2H])c([2H])c2c1[2H]. The molecule has 40 heavy (non-hydrogen) atoms. The van der Waals surface area contributed by atoms with Crippen LogP contribution in [-0.4, -0.2) is 0 Å². The van der Waals surface area contributed by atoms with Gasteiger partial charge in [0, 0.05) is 33.4 Å². The molecule has 0 aliphatic heterocycles. The Balaban J connectivity index is 1.59. The molecule has 0 saturated heterocycles. The van der Waals surface area contributed by atoms with Crippen molar-refractivity contribution in [1.82, 2.24) is 0 Å². The summed E-state index contributed by atoms with van der Waals surface area (Å²) >= 11 is 0. The molecule has 0 fully saturated rings. The Bertz CT molecular complexity index is 3190. The first kappa shape index (κ1) is 11.8. The molecule has 0 spiro atoms. The van der Waals surface area contributed by atoms with Crippen molar-refractivity contribution in [3.05, 3.63) is 133 Å². The van der Waals surface area contributed by atoms with Crippen LogP contribution in [0.5, 0.6) is 0 Å². The Morgan fingerprint density at radius 1 is 0.500 bits per heavy atom. The number of hydrogen-bond acceptors (Lipinski definition) is 2. The smallest absolute Gasteiger partial charge is 0.139 e. The molecule has 9 rings (SSSR count). The van der Waals surface area contributed by atoms with Crippen LogP contribution in [0.2, 0.25) is 0 Å². The first-order valence-corrected chi connectivity index (χ1v) is 12.4. The standard InChI is InChI=1S/C38H22O2/c1-2-10-24-19-25(18-17-23(24)9-1)37-27-12-3-5-14-29(27)38(30-15-6-4-13-28(30)37)33-22-39-35-21-36-31(20-32(33)35)26-11-7-8-16-34(26)40-36/h1-22H/i1D,2D,3D,4D,5D,6D,9D,10D,12D,13D,14D,15D,17D,18D,19D. The van der Waals surface area contributed by atoms with E-state index >= 15 is 0 Å². The van der Waals surface area contributed by atoms with Crippen molar-refractivity contribution in [2.45, 2.75) is 0 Å². The van der Waals surface area contributed by atoms with Crippen LogP contribution in [0.4, 0.5) is 0 Å². The number of fused-ring (bicyclic) bond motifs is 7. The molecule has 2 aromatic heterocycles. The van der Waals surface area contributed by atoms with Gasteiger partial charge in [-0.05, 0) is 61.6 Å². The van der Waals surface area contributed by atoms with Gasteiger partial charge in [0.25, 0.3) is 0 Å². The van der Waals surface area contributed by atoms with Gasteiger partial charge in [-0.2, -0.15) is 0 Å². The maximum atomic E-state index is 9.38. The number of para-hydroxylation sites is 1. The molecule has 2 nitrogen and oxygen atoms in total. The maximum absolute atomic E-state index is 9.38. The molecule has 0 N–H and O–H groups in total. The zero-order chi connectivity index (χ0) is 39.3. The molecule has 0 bridgehead atoms. The third kappa shape index (κ3) is 2.99. The lowest BCUT2D eigenvalue weighted by Crippen LogP contribution is -1.90. The van der Waals surface area contributed by atoms with E-state index in [1.807, 2.05) is 18.2 Å². The Kier molecular flexibility index (Phi) is 2.39. The van der Waals surface area contributed by atoms with Gasteiger partial charge in [-0.1, -0.05) is 103 Å². The van der Waals surface area contributed by atoms with E-state index in [1.165, 1.54) is 6.26 Å². The van der Waals surface area contributed by atoms with Gasteiger partial charge < -0.3 is 8.83 Å². The number of hydrogen-bond donors (Lipinski definition) is 0. The topological polar surface area (TPSA) is 26.3 Å². The number of benzene rings is 7. The van der Waals surface area contributed by atoms with Crippen LogP contribution in [-0.2, 0) is 0 Å². The molecule has 0 radical (unpaired) electrons.